The molecule has 0 spiro atoms. The molecule has 0 saturated heterocycles. The summed E-state index contributed by atoms with van der Waals surface area (Å²) in [5.74, 6) is 0. The molecule has 0 radical (unpaired) electrons. The zero-order valence-electron chi connectivity index (χ0n) is 5.50. The SMILES string of the molecule is [Ca+2].[H-].[H-].[O-][Cl+2]([O-])O[Cl+2]([O-])[O-]. The van der Waals surface area contributed by atoms with E-state index in [1.807, 2.05) is 0 Å². The van der Waals surface area contributed by atoms with Crippen LogP contribution >= 0.6 is 0 Å². The van der Waals surface area contributed by atoms with E-state index in [2.05, 4.69) is 3.84 Å². The molecule has 0 aromatic heterocycles. The Morgan fingerprint density at radius 1 is 1.00 bits per heavy atom. The summed E-state index contributed by atoms with van der Waals surface area (Å²) in [6.07, 6.45) is 0. The van der Waals surface area contributed by atoms with Crippen molar-refractivity contribution >= 4 is 37.7 Å². The van der Waals surface area contributed by atoms with Crippen molar-refractivity contribution in [3.63, 3.8) is 0 Å². The van der Waals surface area contributed by atoms with Crippen LogP contribution in [0.4, 0.5) is 0 Å². The van der Waals surface area contributed by atoms with Gasteiger partial charge in [0.2, 0.25) is 0 Å². The molecule has 0 aromatic rings. The Morgan fingerprint density at radius 2 is 1.25 bits per heavy atom. The second-order valence-corrected chi connectivity index (χ2v) is 1.66. The van der Waals surface area contributed by atoms with E-state index in [0.717, 1.165) is 0 Å². The average molecular weight is 193 g/mol. The van der Waals surface area contributed by atoms with E-state index < -0.39 is 21.6 Å². The van der Waals surface area contributed by atoms with E-state index in [1.54, 1.807) is 0 Å². The molecule has 0 unspecified atom stereocenters. The van der Waals surface area contributed by atoms with Gasteiger partial charge in [-0.15, -0.1) is 0 Å². The van der Waals surface area contributed by atoms with Crippen LogP contribution in [0, 0.1) is 21.6 Å². The molecular weight excluding hydrogens is 191 g/mol. The fraction of sp³-hybridized carbons (Fsp3) is 0. The van der Waals surface area contributed by atoms with Gasteiger partial charge in [0.15, 0.2) is 0 Å². The smallest absolute Gasteiger partial charge is 1.00 e. The first-order chi connectivity index (χ1) is 3.13. The van der Waals surface area contributed by atoms with Gasteiger partial charge in [0.05, 0.1) is 0 Å². The van der Waals surface area contributed by atoms with Crippen molar-refractivity contribution in [2.45, 2.75) is 0 Å². The molecule has 0 N–H and O–H groups in total. The number of hydrogen-bond acceptors (Lipinski definition) is 5. The van der Waals surface area contributed by atoms with Crippen LogP contribution in [-0.2, 0) is 3.84 Å². The molecule has 0 aliphatic heterocycles. The molecule has 8 heteroatoms. The summed E-state index contributed by atoms with van der Waals surface area (Å²) in [6.45, 7) is 0. The van der Waals surface area contributed by atoms with E-state index in [0.29, 0.717) is 0 Å². The van der Waals surface area contributed by atoms with Crippen molar-refractivity contribution in [3.05, 3.63) is 0 Å². The van der Waals surface area contributed by atoms with Crippen LogP contribution in [-0.4, -0.2) is 37.7 Å². The maximum absolute atomic E-state index is 9.15. The average Bonchev–Trinajstić information content (AvgIpc) is 1.27. The quantitative estimate of drug-likeness (QED) is 0.408. The fourth-order valence-electron chi connectivity index (χ4n) is 0.0389. The van der Waals surface area contributed by atoms with Gasteiger partial charge in [0, 0.05) is 0 Å². The van der Waals surface area contributed by atoms with Crippen molar-refractivity contribution in [2.75, 3.05) is 0 Å². The molecule has 0 aliphatic carbocycles. The minimum atomic E-state index is -2.68. The van der Waals surface area contributed by atoms with Crippen molar-refractivity contribution < 1.29 is 46.9 Å². The van der Waals surface area contributed by atoms with Gasteiger partial charge in [-0.2, -0.15) is 0 Å². The summed E-state index contributed by atoms with van der Waals surface area (Å²) in [5, 5.41) is 0. The maximum atomic E-state index is 9.15. The van der Waals surface area contributed by atoms with Gasteiger partial charge in [-0.25, -0.2) is 0 Å². The molecule has 0 amide bonds. The largest absolute Gasteiger partial charge is 2.00 e. The number of rotatable bonds is 2. The first-order valence-electron chi connectivity index (χ1n) is 0.926. The van der Waals surface area contributed by atoms with Crippen molar-refractivity contribution in [1.29, 1.82) is 0 Å². The van der Waals surface area contributed by atoms with Crippen LogP contribution < -0.4 is 18.6 Å². The Bertz CT molecular complexity index is 46.9. The molecule has 0 aromatic carbocycles. The van der Waals surface area contributed by atoms with Crippen LogP contribution in [0.3, 0.4) is 0 Å². The predicted octanol–water partition coefficient (Wildman–Crippen LogP) is -4.98. The van der Waals surface area contributed by atoms with Crippen LogP contribution in [0.2, 0.25) is 0 Å². The zero-order chi connectivity index (χ0) is 5.86. The van der Waals surface area contributed by atoms with Gasteiger partial charge in [-0.3, -0.25) is 0 Å². The fourth-order valence-corrected chi connectivity index (χ4v) is 0.350. The Morgan fingerprint density at radius 3 is 1.25 bits per heavy atom. The minimum Gasteiger partial charge on any atom is -1.00 e. The molecule has 0 atom stereocenters. The Labute approximate surface area is 84.0 Å². The molecule has 48 valence electrons. The first kappa shape index (κ1) is 12.3. The maximum Gasteiger partial charge on any atom is 2.00 e. The van der Waals surface area contributed by atoms with Crippen molar-refractivity contribution in [3.8, 4) is 0 Å². The van der Waals surface area contributed by atoms with Crippen LogP contribution in [0.5, 0.6) is 0 Å². The summed E-state index contributed by atoms with van der Waals surface area (Å²) >= 11 is 0. The minimum absolute atomic E-state index is 0. The summed E-state index contributed by atoms with van der Waals surface area (Å²) in [7, 11) is -5.36. The molecule has 5 nitrogen and oxygen atoms in total. The Hall–Kier alpha value is 1.64. The second-order valence-electron chi connectivity index (χ2n) is 0.436. The van der Waals surface area contributed by atoms with Gasteiger partial charge >= 0.3 is 63.1 Å². The zero-order valence-corrected chi connectivity index (χ0v) is 7.22. The van der Waals surface area contributed by atoms with E-state index in [9.17, 15) is 0 Å². The van der Waals surface area contributed by atoms with Gasteiger partial charge in [0.25, 0.3) is 0 Å². The third-order valence-electron chi connectivity index (χ3n) is 0.0952. The summed E-state index contributed by atoms with van der Waals surface area (Å²) in [5.41, 5.74) is 0. The predicted molar refractivity (Wildman–Crippen MR) is 9.06 cm³/mol. The monoisotopic (exact) mass is 192 g/mol. The Kier molecular flexibility index (Phi) is 10.4. The number of halogens is 2. The Balaban J connectivity index is -0.0000000600. The van der Waals surface area contributed by atoms with Gasteiger partial charge in [-0.05, 0) is 0 Å². The molecule has 0 saturated carbocycles. The standard InChI is InChI=1S/Ca.Cl2O5.2H/c;3-1(4)7-2(5)6;;/q+2;;2*-1. The third kappa shape index (κ3) is 10.6. The molecule has 0 rings (SSSR count). The van der Waals surface area contributed by atoms with E-state index in [-0.39, 0.29) is 40.6 Å². The van der Waals surface area contributed by atoms with Crippen molar-refractivity contribution in [1.82, 2.24) is 0 Å². The summed E-state index contributed by atoms with van der Waals surface area (Å²) < 4.78 is 39.6. The molecule has 0 aliphatic rings. The summed E-state index contributed by atoms with van der Waals surface area (Å²) in [4.78, 5) is 0. The van der Waals surface area contributed by atoms with Crippen LogP contribution in [0.15, 0.2) is 0 Å². The van der Waals surface area contributed by atoms with Gasteiger partial charge in [0.1, 0.15) is 0 Å². The number of hydrogen-bond donors (Lipinski definition) is 0. The second kappa shape index (κ2) is 6.76. The van der Waals surface area contributed by atoms with Crippen molar-refractivity contribution in [2.24, 2.45) is 0 Å². The summed E-state index contributed by atoms with van der Waals surface area (Å²) in [6, 6.07) is 0. The molecule has 0 bridgehead atoms. The molecule has 0 fully saturated rings. The van der Waals surface area contributed by atoms with Gasteiger partial charge < -0.3 is 21.5 Å². The third-order valence-corrected chi connectivity index (χ3v) is 0.857. The normalized spacial score (nSPS) is 9.75. The first-order valence-corrected chi connectivity index (χ1v) is 2.78. The van der Waals surface area contributed by atoms with E-state index >= 15 is 0 Å². The van der Waals surface area contributed by atoms with E-state index in [4.69, 9.17) is 18.6 Å². The van der Waals surface area contributed by atoms with Crippen LogP contribution in [0.25, 0.3) is 0 Å². The van der Waals surface area contributed by atoms with Crippen LogP contribution in [0.1, 0.15) is 2.85 Å². The molecule has 8 heavy (non-hydrogen) atoms. The van der Waals surface area contributed by atoms with E-state index in [1.165, 1.54) is 0 Å². The molecule has 0 heterocycles. The molecular formula is H2CaCl2O5. The topological polar surface area (TPSA) is 101 Å². The van der Waals surface area contributed by atoms with Gasteiger partial charge in [-0.1, -0.05) is 0 Å².